The summed E-state index contributed by atoms with van der Waals surface area (Å²) in [6, 6.07) is 4.62. The highest BCUT2D eigenvalue weighted by molar-refractivity contribution is 7.90. The average molecular weight is 504 g/mol. The highest BCUT2D eigenvalue weighted by Gasteiger charge is 2.39. The number of aryl methyl sites for hydroxylation is 2. The molecule has 0 radical (unpaired) electrons. The van der Waals surface area contributed by atoms with Crippen molar-refractivity contribution in [3.8, 4) is 5.75 Å². The summed E-state index contributed by atoms with van der Waals surface area (Å²) < 4.78 is 33.0. The molecule has 4 rings (SSSR count). The summed E-state index contributed by atoms with van der Waals surface area (Å²) in [6.45, 7) is 3.60. The third kappa shape index (κ3) is 5.86. The Bertz CT molecular complexity index is 1140. The van der Waals surface area contributed by atoms with Crippen molar-refractivity contribution in [3.63, 3.8) is 0 Å². The van der Waals surface area contributed by atoms with E-state index in [0.717, 1.165) is 38.5 Å². The molecule has 2 aliphatic rings. The molecule has 35 heavy (non-hydrogen) atoms. The molecule has 0 N–H and O–H groups in total. The molecular formula is C25H37N5O4S. The molecule has 2 aliphatic carbocycles. The number of ether oxygens (including phenoxy) is 1. The van der Waals surface area contributed by atoms with Crippen molar-refractivity contribution in [3.05, 3.63) is 35.2 Å². The van der Waals surface area contributed by atoms with Gasteiger partial charge in [0.1, 0.15) is 18.0 Å². The van der Waals surface area contributed by atoms with Crippen LogP contribution in [0.25, 0.3) is 0 Å². The van der Waals surface area contributed by atoms with E-state index in [-0.39, 0.29) is 29.1 Å². The molecule has 1 amide bonds. The zero-order valence-corrected chi connectivity index (χ0v) is 22.2. The second-order valence-electron chi connectivity index (χ2n) is 10.2. The Morgan fingerprint density at radius 3 is 2.09 bits per heavy atom. The number of amides is 1. The summed E-state index contributed by atoms with van der Waals surface area (Å²) in [5, 5.41) is 8.14. The molecule has 9 nitrogen and oxygen atoms in total. The number of sulfone groups is 1. The molecule has 10 heteroatoms. The van der Waals surface area contributed by atoms with Crippen molar-refractivity contribution in [2.24, 2.45) is 0 Å². The van der Waals surface area contributed by atoms with Gasteiger partial charge in [0.2, 0.25) is 5.91 Å². The van der Waals surface area contributed by atoms with Crippen molar-refractivity contribution >= 4 is 15.7 Å². The normalized spacial score (nSPS) is 20.7. The first-order chi connectivity index (χ1) is 16.6. The van der Waals surface area contributed by atoms with Crippen LogP contribution in [0.5, 0.6) is 5.75 Å². The first-order valence-corrected chi connectivity index (χ1v) is 14.0. The van der Waals surface area contributed by atoms with Crippen molar-refractivity contribution in [1.82, 2.24) is 24.8 Å². The molecule has 2 saturated carbocycles. The summed E-state index contributed by atoms with van der Waals surface area (Å²) in [4.78, 5) is 17.9. The van der Waals surface area contributed by atoms with Crippen molar-refractivity contribution in [1.29, 1.82) is 0 Å². The molecule has 0 saturated heterocycles. The Labute approximate surface area is 208 Å². The van der Waals surface area contributed by atoms with E-state index >= 15 is 0 Å². The van der Waals surface area contributed by atoms with E-state index in [1.54, 1.807) is 39.3 Å². The zero-order valence-electron chi connectivity index (χ0n) is 21.4. The molecule has 2 fully saturated rings. The Hall–Kier alpha value is -2.46. The van der Waals surface area contributed by atoms with E-state index < -0.39 is 9.84 Å². The van der Waals surface area contributed by atoms with Crippen LogP contribution in [0.4, 0.5) is 0 Å². The number of rotatable bonds is 9. The molecule has 0 spiro atoms. The van der Waals surface area contributed by atoms with Gasteiger partial charge in [0.25, 0.3) is 0 Å². The third-order valence-corrected chi connectivity index (χ3v) is 9.16. The number of aromatic nitrogens is 3. The van der Waals surface area contributed by atoms with E-state index in [1.165, 1.54) is 4.68 Å². The molecular weight excluding hydrogens is 466 g/mol. The third-order valence-electron chi connectivity index (χ3n) is 7.22. The minimum Gasteiger partial charge on any atom is -0.497 e. The quantitative estimate of drug-likeness (QED) is 0.519. The van der Waals surface area contributed by atoms with E-state index in [1.807, 2.05) is 0 Å². The van der Waals surface area contributed by atoms with Crippen LogP contribution in [0.2, 0.25) is 0 Å². The maximum Gasteiger partial charge on any atom is 0.244 e. The predicted octanol–water partition coefficient (Wildman–Crippen LogP) is 2.74. The maximum absolute atomic E-state index is 13.3. The van der Waals surface area contributed by atoms with Crippen LogP contribution in [-0.2, 0) is 26.9 Å². The lowest BCUT2D eigenvalue weighted by atomic mass is 9.89. The average Bonchev–Trinajstić information content (AvgIpc) is 3.52. The Balaban J connectivity index is 1.43. The van der Waals surface area contributed by atoms with Crippen LogP contribution in [0.15, 0.2) is 23.2 Å². The van der Waals surface area contributed by atoms with Crippen molar-refractivity contribution < 1.29 is 17.9 Å². The van der Waals surface area contributed by atoms with E-state index in [0.29, 0.717) is 34.7 Å². The van der Waals surface area contributed by atoms with Crippen LogP contribution in [0.1, 0.15) is 55.3 Å². The molecule has 0 bridgehead atoms. The van der Waals surface area contributed by atoms with E-state index in [4.69, 9.17) is 4.74 Å². The number of carbonyl (C=O) groups excluding carboxylic acids is 1. The van der Waals surface area contributed by atoms with Gasteiger partial charge in [-0.1, -0.05) is 5.21 Å². The largest absolute Gasteiger partial charge is 0.497 e. The highest BCUT2D eigenvalue weighted by atomic mass is 32.2. The van der Waals surface area contributed by atoms with Crippen LogP contribution in [-0.4, -0.2) is 78.4 Å². The Morgan fingerprint density at radius 2 is 1.57 bits per heavy atom. The smallest absolute Gasteiger partial charge is 0.244 e. The first-order valence-electron chi connectivity index (χ1n) is 12.3. The van der Waals surface area contributed by atoms with Crippen LogP contribution < -0.4 is 4.74 Å². The molecule has 1 aromatic carbocycles. The Morgan fingerprint density at radius 1 is 1.03 bits per heavy atom. The predicted molar refractivity (Wildman–Crippen MR) is 133 cm³/mol. The van der Waals surface area contributed by atoms with Gasteiger partial charge in [-0.05, 0) is 89.7 Å². The topological polar surface area (TPSA) is 97.6 Å². The van der Waals surface area contributed by atoms with Gasteiger partial charge in [-0.15, -0.1) is 5.10 Å². The first kappa shape index (κ1) is 25.6. The van der Waals surface area contributed by atoms with E-state index in [2.05, 4.69) is 34.2 Å². The summed E-state index contributed by atoms with van der Waals surface area (Å²) in [7, 11) is 2.16. The summed E-state index contributed by atoms with van der Waals surface area (Å²) >= 11 is 0. The van der Waals surface area contributed by atoms with Crippen molar-refractivity contribution in [2.75, 3.05) is 21.2 Å². The second kappa shape index (κ2) is 10.3. The molecule has 192 valence electrons. The van der Waals surface area contributed by atoms with Gasteiger partial charge in [-0.25, -0.2) is 13.1 Å². The van der Waals surface area contributed by atoms with Crippen LogP contribution in [0.3, 0.4) is 0 Å². The van der Waals surface area contributed by atoms with Crippen LogP contribution in [0, 0.1) is 13.8 Å². The molecule has 2 aromatic rings. The lowest BCUT2D eigenvalue weighted by Crippen LogP contribution is -2.47. The minimum absolute atomic E-state index is 0.0435. The van der Waals surface area contributed by atoms with Gasteiger partial charge in [-0.2, -0.15) is 0 Å². The van der Waals surface area contributed by atoms with Gasteiger partial charge in [0.15, 0.2) is 9.84 Å². The molecule has 0 aliphatic heterocycles. The highest BCUT2D eigenvalue weighted by Crippen LogP contribution is 2.35. The van der Waals surface area contributed by atoms with Gasteiger partial charge < -0.3 is 14.5 Å². The molecule has 0 unspecified atom stereocenters. The van der Waals surface area contributed by atoms with Gasteiger partial charge in [0, 0.05) is 18.1 Å². The lowest BCUT2D eigenvalue weighted by molar-refractivity contribution is -0.136. The standard InChI is InChI=1S/C25H37N5O4S/c1-17-12-23(34-5)13-18(2)25(17)35(32,33)16-19-14-29(27-26-19)15-24(31)30(22-10-11-22)21-8-6-20(7-9-21)28(3)4/h12-14,20-22H,6-11,15-16H2,1-5H3. The van der Waals surface area contributed by atoms with Crippen molar-refractivity contribution in [2.45, 2.75) is 87.7 Å². The monoisotopic (exact) mass is 503 g/mol. The lowest BCUT2D eigenvalue weighted by Gasteiger charge is -2.39. The van der Waals surface area contributed by atoms with Gasteiger partial charge in [0.05, 0.1) is 23.9 Å². The fourth-order valence-electron chi connectivity index (χ4n) is 5.40. The number of nitrogens with zero attached hydrogens (tertiary/aromatic N) is 5. The Kier molecular flexibility index (Phi) is 7.51. The fraction of sp³-hybridized carbons (Fsp3) is 0.640. The zero-order chi connectivity index (χ0) is 25.3. The number of methoxy groups -OCH3 is 1. The SMILES string of the molecule is COc1cc(C)c(S(=O)(=O)Cc2cn(CC(=O)N(C3CCC(N(C)C)CC3)C3CC3)nn2)c(C)c1. The second-order valence-corrected chi connectivity index (χ2v) is 12.1. The maximum atomic E-state index is 13.3. The summed E-state index contributed by atoms with van der Waals surface area (Å²) in [5.74, 6) is 0.400. The van der Waals surface area contributed by atoms with Crippen LogP contribution >= 0.6 is 0 Å². The number of hydrogen-bond donors (Lipinski definition) is 0. The molecule has 1 heterocycles. The van der Waals surface area contributed by atoms with Gasteiger partial charge in [-0.3, -0.25) is 4.79 Å². The number of benzene rings is 1. The molecule has 0 atom stereocenters. The summed E-state index contributed by atoms with van der Waals surface area (Å²) in [5.41, 5.74) is 1.60. The number of hydrogen-bond acceptors (Lipinski definition) is 7. The number of carbonyl (C=O) groups is 1. The van der Waals surface area contributed by atoms with E-state index in [9.17, 15) is 13.2 Å². The minimum atomic E-state index is -3.63. The van der Waals surface area contributed by atoms with Gasteiger partial charge >= 0.3 is 0 Å². The summed E-state index contributed by atoms with van der Waals surface area (Å²) in [6.07, 6.45) is 7.94. The fourth-order valence-corrected chi connectivity index (χ4v) is 7.16. The molecule has 1 aromatic heterocycles.